The Bertz CT molecular complexity index is 603. The summed E-state index contributed by atoms with van der Waals surface area (Å²) < 4.78 is 17.6. The first-order valence-electron chi connectivity index (χ1n) is 5.41. The monoisotopic (exact) mass is 263 g/mol. The van der Waals surface area contributed by atoms with E-state index in [1.165, 1.54) is 36.6 Å². The van der Waals surface area contributed by atoms with Gasteiger partial charge in [-0.1, -0.05) is 0 Å². The molecule has 2 rings (SSSR count). The van der Waals surface area contributed by atoms with Crippen molar-refractivity contribution in [1.29, 1.82) is 0 Å². The Balaban J connectivity index is 2.03. The van der Waals surface area contributed by atoms with Crippen LogP contribution in [0.4, 0.5) is 10.1 Å². The summed E-state index contributed by atoms with van der Waals surface area (Å²) in [5, 5.41) is 11.4. The van der Waals surface area contributed by atoms with Gasteiger partial charge >= 0.3 is 5.97 Å². The molecule has 1 amide bonds. The molecule has 0 bridgehead atoms. The number of halogens is 1. The number of anilines is 1. The van der Waals surface area contributed by atoms with E-state index in [2.05, 4.69) is 5.32 Å². The maximum Gasteiger partial charge on any atom is 0.339 e. The number of hydrogen-bond acceptors (Lipinski definition) is 3. The molecule has 2 N–H and O–H groups in total. The number of rotatable bonds is 4. The first kappa shape index (κ1) is 12.8. The molecule has 0 saturated heterocycles. The fourth-order valence-electron chi connectivity index (χ4n) is 1.55. The number of carbonyl (C=O) groups is 2. The molecule has 5 nitrogen and oxygen atoms in total. The second-order valence-electron chi connectivity index (χ2n) is 3.79. The molecule has 98 valence electrons. The smallest absolute Gasteiger partial charge is 0.339 e. The Morgan fingerprint density at radius 2 is 1.89 bits per heavy atom. The van der Waals surface area contributed by atoms with Gasteiger partial charge in [0.1, 0.15) is 17.1 Å². The van der Waals surface area contributed by atoms with E-state index in [1.54, 1.807) is 0 Å². The van der Waals surface area contributed by atoms with Gasteiger partial charge in [0.05, 0.1) is 12.7 Å². The number of furan rings is 1. The fourth-order valence-corrected chi connectivity index (χ4v) is 1.55. The third kappa shape index (κ3) is 3.19. The minimum atomic E-state index is -1.15. The first-order chi connectivity index (χ1) is 9.06. The predicted molar refractivity (Wildman–Crippen MR) is 64.4 cm³/mol. The van der Waals surface area contributed by atoms with E-state index in [0.29, 0.717) is 5.69 Å². The highest BCUT2D eigenvalue weighted by atomic mass is 19.1. The zero-order chi connectivity index (χ0) is 13.8. The van der Waals surface area contributed by atoms with Crippen LogP contribution < -0.4 is 5.32 Å². The molecular formula is C13H10FNO4. The number of nitrogens with one attached hydrogen (secondary N) is 1. The van der Waals surface area contributed by atoms with Crippen LogP contribution in [0.1, 0.15) is 16.1 Å². The van der Waals surface area contributed by atoms with E-state index < -0.39 is 17.7 Å². The molecule has 6 heteroatoms. The molecule has 1 heterocycles. The molecule has 19 heavy (non-hydrogen) atoms. The summed E-state index contributed by atoms with van der Waals surface area (Å²) in [5.74, 6) is -1.92. The number of carboxylic acid groups (broad SMARTS) is 1. The van der Waals surface area contributed by atoms with Gasteiger partial charge in [0.15, 0.2) is 0 Å². The average Bonchev–Trinajstić information content (AvgIpc) is 2.80. The largest absolute Gasteiger partial charge is 0.478 e. The van der Waals surface area contributed by atoms with Crippen molar-refractivity contribution < 1.29 is 23.5 Å². The molecule has 0 fully saturated rings. The number of amides is 1. The van der Waals surface area contributed by atoms with Crippen molar-refractivity contribution in [2.45, 2.75) is 6.42 Å². The van der Waals surface area contributed by atoms with Gasteiger partial charge in [0, 0.05) is 5.69 Å². The van der Waals surface area contributed by atoms with E-state index >= 15 is 0 Å². The number of carbonyl (C=O) groups excluding carboxylic acids is 1. The summed E-state index contributed by atoms with van der Waals surface area (Å²) in [7, 11) is 0. The van der Waals surface area contributed by atoms with E-state index in [4.69, 9.17) is 9.52 Å². The summed E-state index contributed by atoms with van der Waals surface area (Å²) in [4.78, 5) is 22.5. The Labute approximate surface area is 107 Å². The van der Waals surface area contributed by atoms with Crippen LogP contribution in [0, 0.1) is 5.82 Å². The number of benzene rings is 1. The topological polar surface area (TPSA) is 79.5 Å². The molecule has 0 saturated carbocycles. The summed E-state index contributed by atoms with van der Waals surface area (Å²) in [6.45, 7) is 0. The molecule has 0 radical (unpaired) electrons. The summed E-state index contributed by atoms with van der Waals surface area (Å²) >= 11 is 0. The maximum atomic E-state index is 12.7. The molecule has 0 aliphatic rings. The van der Waals surface area contributed by atoms with Crippen LogP contribution in [-0.2, 0) is 11.2 Å². The Hall–Kier alpha value is -2.63. The van der Waals surface area contributed by atoms with Gasteiger partial charge in [0.2, 0.25) is 5.91 Å². The highest BCUT2D eigenvalue weighted by molar-refractivity contribution is 5.95. The number of carboxylic acids is 1. The lowest BCUT2D eigenvalue weighted by Crippen LogP contribution is -2.15. The first-order valence-corrected chi connectivity index (χ1v) is 5.41. The SMILES string of the molecule is O=C(Cc1occc1C(=O)O)Nc1ccc(F)cc1. The predicted octanol–water partition coefficient (Wildman–Crippen LogP) is 2.30. The highest BCUT2D eigenvalue weighted by Crippen LogP contribution is 2.13. The maximum absolute atomic E-state index is 12.7. The molecule has 0 aliphatic carbocycles. The normalized spacial score (nSPS) is 10.2. The van der Waals surface area contributed by atoms with E-state index in [-0.39, 0.29) is 17.7 Å². The lowest BCUT2D eigenvalue weighted by molar-refractivity contribution is -0.115. The second-order valence-corrected chi connectivity index (χ2v) is 3.79. The van der Waals surface area contributed by atoms with E-state index in [1.807, 2.05) is 0 Å². The van der Waals surface area contributed by atoms with Crippen molar-refractivity contribution in [2.75, 3.05) is 5.32 Å². The van der Waals surface area contributed by atoms with Gasteiger partial charge in [-0.3, -0.25) is 4.79 Å². The lowest BCUT2D eigenvalue weighted by Gasteiger charge is -2.04. The fraction of sp³-hybridized carbons (Fsp3) is 0.0769. The van der Waals surface area contributed by atoms with Crippen LogP contribution in [0.15, 0.2) is 41.0 Å². The van der Waals surface area contributed by atoms with Crippen molar-refractivity contribution in [3.8, 4) is 0 Å². The van der Waals surface area contributed by atoms with E-state index in [9.17, 15) is 14.0 Å². The van der Waals surface area contributed by atoms with Crippen LogP contribution in [0.25, 0.3) is 0 Å². The van der Waals surface area contributed by atoms with Crippen LogP contribution in [0.5, 0.6) is 0 Å². The van der Waals surface area contributed by atoms with Gasteiger partial charge in [-0.2, -0.15) is 0 Å². The number of aromatic carboxylic acids is 1. The minimum Gasteiger partial charge on any atom is -0.478 e. The van der Waals surface area contributed by atoms with Crippen molar-refractivity contribution in [1.82, 2.24) is 0 Å². The van der Waals surface area contributed by atoms with Crippen molar-refractivity contribution >= 4 is 17.6 Å². The standard InChI is InChI=1S/C13H10FNO4/c14-8-1-3-9(4-2-8)15-12(16)7-11-10(13(17)18)5-6-19-11/h1-6H,7H2,(H,15,16)(H,17,18). The average molecular weight is 263 g/mol. The second kappa shape index (κ2) is 5.34. The highest BCUT2D eigenvalue weighted by Gasteiger charge is 2.16. The molecule has 0 spiro atoms. The molecule has 1 aromatic heterocycles. The summed E-state index contributed by atoms with van der Waals surface area (Å²) in [5.41, 5.74) is 0.379. The van der Waals surface area contributed by atoms with Gasteiger partial charge in [-0.15, -0.1) is 0 Å². The molecular weight excluding hydrogens is 253 g/mol. The molecule has 0 unspecified atom stereocenters. The van der Waals surface area contributed by atoms with Crippen molar-refractivity contribution in [3.05, 3.63) is 53.7 Å². The zero-order valence-electron chi connectivity index (χ0n) is 9.72. The Morgan fingerprint density at radius 3 is 2.53 bits per heavy atom. The van der Waals surface area contributed by atoms with E-state index in [0.717, 1.165) is 0 Å². The molecule has 0 atom stereocenters. The zero-order valence-corrected chi connectivity index (χ0v) is 9.72. The van der Waals surface area contributed by atoms with Crippen LogP contribution in [-0.4, -0.2) is 17.0 Å². The Kier molecular flexibility index (Phi) is 3.61. The molecule has 2 aromatic rings. The third-order valence-electron chi connectivity index (χ3n) is 2.42. The lowest BCUT2D eigenvalue weighted by atomic mass is 10.2. The van der Waals surface area contributed by atoms with Crippen molar-refractivity contribution in [3.63, 3.8) is 0 Å². The van der Waals surface area contributed by atoms with Gasteiger partial charge < -0.3 is 14.8 Å². The molecule has 1 aromatic carbocycles. The Morgan fingerprint density at radius 1 is 1.21 bits per heavy atom. The van der Waals surface area contributed by atoms with Crippen LogP contribution in [0.3, 0.4) is 0 Å². The number of hydrogen-bond donors (Lipinski definition) is 2. The van der Waals surface area contributed by atoms with Gasteiger partial charge in [-0.05, 0) is 30.3 Å². The van der Waals surface area contributed by atoms with Gasteiger partial charge in [0.25, 0.3) is 0 Å². The quantitative estimate of drug-likeness (QED) is 0.887. The molecule has 0 aliphatic heterocycles. The summed E-state index contributed by atoms with van der Waals surface area (Å²) in [6, 6.07) is 6.53. The van der Waals surface area contributed by atoms with Crippen molar-refractivity contribution in [2.24, 2.45) is 0 Å². The van der Waals surface area contributed by atoms with Gasteiger partial charge in [-0.25, -0.2) is 9.18 Å². The summed E-state index contributed by atoms with van der Waals surface area (Å²) in [6.07, 6.45) is 1.01. The third-order valence-corrected chi connectivity index (χ3v) is 2.42. The van der Waals surface area contributed by atoms with Crippen LogP contribution >= 0.6 is 0 Å². The van der Waals surface area contributed by atoms with Crippen LogP contribution in [0.2, 0.25) is 0 Å². The minimum absolute atomic E-state index is 0.0470.